The van der Waals surface area contributed by atoms with E-state index >= 15 is 0 Å². The summed E-state index contributed by atoms with van der Waals surface area (Å²) in [6.45, 7) is 3.91. The summed E-state index contributed by atoms with van der Waals surface area (Å²) in [5.41, 5.74) is 3.71. The van der Waals surface area contributed by atoms with Crippen molar-refractivity contribution in [1.82, 2.24) is 0 Å². The predicted molar refractivity (Wildman–Crippen MR) is 120 cm³/mol. The van der Waals surface area contributed by atoms with E-state index in [2.05, 4.69) is 0 Å². The molecule has 4 rings (SSSR count). The fourth-order valence-corrected chi connectivity index (χ4v) is 5.15. The third-order valence-corrected chi connectivity index (χ3v) is 7.36. The Balaban J connectivity index is 1.74. The van der Waals surface area contributed by atoms with Crippen molar-refractivity contribution in [3.8, 4) is 0 Å². The molecular formula is C24H24N2O3S. The lowest BCUT2D eigenvalue weighted by molar-refractivity contribution is 0.0982. The zero-order valence-corrected chi connectivity index (χ0v) is 18.1. The smallest absolute Gasteiger partial charge is 0.264 e. The number of hydrogen-bond donors (Lipinski definition) is 0. The number of sulfonamides is 1. The van der Waals surface area contributed by atoms with Gasteiger partial charge in [0.1, 0.15) is 0 Å². The minimum absolute atomic E-state index is 0.00182. The molecule has 1 atom stereocenters. The first kappa shape index (κ1) is 20.2. The average molecular weight is 421 g/mol. The van der Waals surface area contributed by atoms with Gasteiger partial charge < -0.3 is 4.90 Å². The molecule has 1 unspecified atom stereocenters. The number of rotatable bonds is 4. The van der Waals surface area contributed by atoms with Crippen molar-refractivity contribution in [3.05, 3.63) is 89.5 Å². The van der Waals surface area contributed by atoms with E-state index in [4.69, 9.17) is 0 Å². The Hall–Kier alpha value is -3.12. The number of amides is 1. The summed E-state index contributed by atoms with van der Waals surface area (Å²) < 4.78 is 27.6. The molecule has 154 valence electrons. The number of fused-ring (bicyclic) bond motifs is 1. The van der Waals surface area contributed by atoms with Crippen LogP contribution in [-0.4, -0.2) is 27.4 Å². The highest BCUT2D eigenvalue weighted by Gasteiger charge is 2.33. The van der Waals surface area contributed by atoms with Gasteiger partial charge in [0.05, 0.1) is 16.1 Å². The van der Waals surface area contributed by atoms with Crippen LogP contribution in [0, 0.1) is 6.92 Å². The summed E-state index contributed by atoms with van der Waals surface area (Å²) in [6, 6.07) is 21.4. The van der Waals surface area contributed by atoms with Crippen LogP contribution in [0.3, 0.4) is 0 Å². The molecular weight excluding hydrogens is 396 g/mol. The van der Waals surface area contributed by atoms with Crippen LogP contribution in [0.5, 0.6) is 0 Å². The molecule has 5 nitrogen and oxygen atoms in total. The van der Waals surface area contributed by atoms with Crippen molar-refractivity contribution in [2.45, 2.75) is 31.2 Å². The maximum Gasteiger partial charge on any atom is 0.264 e. The molecule has 0 N–H and O–H groups in total. The summed E-state index contributed by atoms with van der Waals surface area (Å²) >= 11 is 0. The molecule has 0 aliphatic carbocycles. The third-order valence-electron chi connectivity index (χ3n) is 5.58. The molecule has 0 saturated carbocycles. The first-order chi connectivity index (χ1) is 14.3. The van der Waals surface area contributed by atoms with Crippen LogP contribution < -0.4 is 9.21 Å². The molecule has 3 aromatic rings. The molecule has 1 heterocycles. The molecule has 6 heteroatoms. The number of hydrogen-bond acceptors (Lipinski definition) is 3. The molecule has 1 aliphatic heterocycles. The molecule has 0 radical (unpaired) electrons. The highest BCUT2D eigenvalue weighted by Crippen LogP contribution is 2.35. The second kappa shape index (κ2) is 7.61. The Kier molecular flexibility index (Phi) is 5.12. The lowest BCUT2D eigenvalue weighted by Crippen LogP contribution is -2.37. The van der Waals surface area contributed by atoms with Crippen LogP contribution in [0.2, 0.25) is 0 Å². The first-order valence-corrected chi connectivity index (χ1v) is 11.3. The fraction of sp³-hybridized carbons (Fsp3) is 0.208. The first-order valence-electron chi connectivity index (χ1n) is 9.87. The van der Waals surface area contributed by atoms with Gasteiger partial charge in [-0.25, -0.2) is 8.42 Å². The van der Waals surface area contributed by atoms with Gasteiger partial charge in [0.15, 0.2) is 0 Å². The summed E-state index contributed by atoms with van der Waals surface area (Å²) in [7, 11) is -2.31. The van der Waals surface area contributed by atoms with E-state index in [1.807, 2.05) is 38.1 Å². The quantitative estimate of drug-likeness (QED) is 0.628. The Labute approximate surface area is 177 Å². The van der Waals surface area contributed by atoms with Crippen molar-refractivity contribution in [2.75, 3.05) is 16.3 Å². The standard InChI is InChI=1S/C24H24N2O3S/c1-17-12-14-20(15-13-17)30(28,29)25(3)23-11-7-5-9-21(23)24(27)26-18(2)16-19-8-4-6-10-22(19)26/h4-15,18H,16H2,1-3H3. The molecule has 1 amide bonds. The number of benzene rings is 3. The van der Waals surface area contributed by atoms with E-state index in [-0.39, 0.29) is 16.8 Å². The molecule has 0 aromatic heterocycles. The summed E-state index contributed by atoms with van der Waals surface area (Å²) in [5.74, 6) is -0.200. The molecule has 30 heavy (non-hydrogen) atoms. The van der Waals surface area contributed by atoms with Crippen LogP contribution >= 0.6 is 0 Å². The Morgan fingerprint density at radius 2 is 1.60 bits per heavy atom. The lowest BCUT2D eigenvalue weighted by atomic mass is 10.1. The number of para-hydroxylation sites is 2. The van der Waals surface area contributed by atoms with Crippen molar-refractivity contribution < 1.29 is 13.2 Å². The van der Waals surface area contributed by atoms with Gasteiger partial charge in [0.25, 0.3) is 15.9 Å². The maximum atomic E-state index is 13.6. The van der Waals surface area contributed by atoms with Gasteiger partial charge in [0.2, 0.25) is 0 Å². The van der Waals surface area contributed by atoms with Gasteiger partial charge in [0, 0.05) is 18.8 Å². The SMILES string of the molecule is Cc1ccc(S(=O)(=O)N(C)c2ccccc2C(=O)N2c3ccccc3CC2C)cc1. The number of carbonyl (C=O) groups is 1. The van der Waals surface area contributed by atoms with Gasteiger partial charge in [-0.1, -0.05) is 48.0 Å². The second-order valence-corrected chi connectivity index (χ2v) is 9.63. The van der Waals surface area contributed by atoms with Gasteiger partial charge >= 0.3 is 0 Å². The topological polar surface area (TPSA) is 57.7 Å². The van der Waals surface area contributed by atoms with Gasteiger partial charge in [-0.2, -0.15) is 0 Å². The Morgan fingerprint density at radius 1 is 0.967 bits per heavy atom. The van der Waals surface area contributed by atoms with Crippen LogP contribution in [-0.2, 0) is 16.4 Å². The van der Waals surface area contributed by atoms with Gasteiger partial charge in [-0.3, -0.25) is 9.10 Å². The second-order valence-electron chi connectivity index (χ2n) is 7.66. The van der Waals surface area contributed by atoms with Crippen LogP contribution in [0.15, 0.2) is 77.7 Å². The summed E-state index contributed by atoms with van der Waals surface area (Å²) in [4.78, 5) is 15.5. The van der Waals surface area contributed by atoms with Crippen molar-refractivity contribution in [1.29, 1.82) is 0 Å². The van der Waals surface area contributed by atoms with Crippen molar-refractivity contribution in [2.24, 2.45) is 0 Å². The number of aryl methyl sites for hydroxylation is 1. The highest BCUT2D eigenvalue weighted by molar-refractivity contribution is 7.92. The van der Waals surface area contributed by atoms with E-state index in [0.717, 1.165) is 23.2 Å². The van der Waals surface area contributed by atoms with Crippen molar-refractivity contribution >= 4 is 27.3 Å². The Bertz CT molecular complexity index is 1200. The van der Waals surface area contributed by atoms with Crippen LogP contribution in [0.25, 0.3) is 0 Å². The predicted octanol–water partition coefficient (Wildman–Crippen LogP) is 4.41. The van der Waals surface area contributed by atoms with Gasteiger partial charge in [-0.15, -0.1) is 0 Å². The van der Waals surface area contributed by atoms with Crippen LogP contribution in [0.1, 0.15) is 28.4 Å². The molecule has 3 aromatic carbocycles. The highest BCUT2D eigenvalue weighted by atomic mass is 32.2. The van der Waals surface area contributed by atoms with Gasteiger partial charge in [-0.05, 0) is 56.2 Å². The minimum atomic E-state index is -3.80. The van der Waals surface area contributed by atoms with Crippen LogP contribution in [0.4, 0.5) is 11.4 Å². The molecule has 0 bridgehead atoms. The van der Waals surface area contributed by atoms with E-state index in [9.17, 15) is 13.2 Å². The molecule has 1 aliphatic rings. The minimum Gasteiger partial charge on any atom is -0.305 e. The average Bonchev–Trinajstić information content (AvgIpc) is 3.08. The molecule has 0 fully saturated rings. The zero-order valence-electron chi connectivity index (χ0n) is 17.2. The summed E-state index contributed by atoms with van der Waals surface area (Å²) in [6.07, 6.45) is 0.779. The number of anilines is 2. The third kappa shape index (κ3) is 3.37. The molecule has 0 spiro atoms. The summed E-state index contributed by atoms with van der Waals surface area (Å²) in [5, 5.41) is 0. The number of carbonyl (C=O) groups excluding carboxylic acids is 1. The fourth-order valence-electron chi connectivity index (χ4n) is 3.93. The van der Waals surface area contributed by atoms with E-state index in [0.29, 0.717) is 11.3 Å². The Morgan fingerprint density at radius 3 is 2.33 bits per heavy atom. The van der Waals surface area contributed by atoms with E-state index in [1.54, 1.807) is 53.4 Å². The normalized spacial score (nSPS) is 15.7. The van der Waals surface area contributed by atoms with Crippen molar-refractivity contribution in [3.63, 3.8) is 0 Å². The lowest BCUT2D eigenvalue weighted by Gasteiger charge is -2.27. The monoisotopic (exact) mass is 420 g/mol. The number of nitrogens with zero attached hydrogens (tertiary/aromatic N) is 2. The maximum absolute atomic E-state index is 13.6. The van der Waals surface area contributed by atoms with E-state index in [1.165, 1.54) is 11.4 Å². The zero-order chi connectivity index (χ0) is 21.5. The van der Waals surface area contributed by atoms with E-state index < -0.39 is 10.0 Å². The molecule has 0 saturated heterocycles. The largest absolute Gasteiger partial charge is 0.305 e.